The van der Waals surface area contributed by atoms with Gasteiger partial charge in [0.2, 0.25) is 0 Å². The number of carbonyl (C=O) groups excluding carboxylic acids is 1. The Morgan fingerprint density at radius 3 is 2.68 bits per heavy atom. The SMILES string of the molecule is CCCCN1CCc2ccccc2C1CNC(=O)c1ccc(C)cc1. The van der Waals surface area contributed by atoms with Crippen LogP contribution < -0.4 is 5.32 Å². The predicted octanol–water partition coefficient (Wildman–Crippen LogP) is 4.12. The van der Waals surface area contributed by atoms with Crippen LogP contribution in [-0.4, -0.2) is 30.4 Å². The van der Waals surface area contributed by atoms with E-state index in [1.807, 2.05) is 31.2 Å². The molecular formula is C22H28N2O. The number of rotatable bonds is 6. The molecule has 0 saturated carbocycles. The first-order chi connectivity index (χ1) is 12.2. The van der Waals surface area contributed by atoms with E-state index < -0.39 is 0 Å². The number of fused-ring (bicyclic) bond motifs is 1. The zero-order valence-electron chi connectivity index (χ0n) is 15.3. The molecule has 0 fully saturated rings. The standard InChI is InChI=1S/C22H28N2O/c1-3-4-14-24-15-13-18-7-5-6-8-20(18)21(24)16-23-22(25)19-11-9-17(2)10-12-19/h5-12,21H,3-4,13-16H2,1-2H3,(H,23,25). The highest BCUT2D eigenvalue weighted by atomic mass is 16.1. The Hall–Kier alpha value is -2.13. The summed E-state index contributed by atoms with van der Waals surface area (Å²) >= 11 is 0. The summed E-state index contributed by atoms with van der Waals surface area (Å²) in [5.74, 6) is 0.0125. The first-order valence-electron chi connectivity index (χ1n) is 9.35. The molecule has 1 amide bonds. The topological polar surface area (TPSA) is 32.3 Å². The van der Waals surface area contributed by atoms with Gasteiger partial charge in [-0.25, -0.2) is 0 Å². The number of nitrogens with one attached hydrogen (secondary N) is 1. The van der Waals surface area contributed by atoms with E-state index in [4.69, 9.17) is 0 Å². The third-order valence-electron chi connectivity index (χ3n) is 5.09. The lowest BCUT2D eigenvalue weighted by Gasteiger charge is -2.37. The summed E-state index contributed by atoms with van der Waals surface area (Å²) in [7, 11) is 0. The predicted molar refractivity (Wildman–Crippen MR) is 103 cm³/mol. The number of nitrogens with zero attached hydrogens (tertiary/aromatic N) is 1. The van der Waals surface area contributed by atoms with Crippen LogP contribution >= 0.6 is 0 Å². The zero-order chi connectivity index (χ0) is 17.6. The number of unbranched alkanes of at least 4 members (excludes halogenated alkanes) is 1. The van der Waals surface area contributed by atoms with Crippen LogP contribution in [0.2, 0.25) is 0 Å². The van der Waals surface area contributed by atoms with E-state index in [1.165, 1.54) is 29.5 Å². The largest absolute Gasteiger partial charge is 0.350 e. The van der Waals surface area contributed by atoms with Gasteiger partial charge in [0, 0.05) is 18.7 Å². The van der Waals surface area contributed by atoms with Gasteiger partial charge in [-0.15, -0.1) is 0 Å². The minimum absolute atomic E-state index is 0.0125. The van der Waals surface area contributed by atoms with Gasteiger partial charge in [-0.2, -0.15) is 0 Å². The molecule has 2 aromatic carbocycles. The second-order valence-corrected chi connectivity index (χ2v) is 6.93. The fraction of sp³-hybridized carbons (Fsp3) is 0.409. The minimum atomic E-state index is 0.0125. The molecule has 2 aromatic rings. The van der Waals surface area contributed by atoms with Gasteiger partial charge >= 0.3 is 0 Å². The number of carbonyl (C=O) groups is 1. The molecular weight excluding hydrogens is 308 g/mol. The molecule has 1 aliphatic rings. The van der Waals surface area contributed by atoms with E-state index in [2.05, 4.69) is 41.4 Å². The van der Waals surface area contributed by atoms with Gasteiger partial charge in [0.1, 0.15) is 0 Å². The third-order valence-corrected chi connectivity index (χ3v) is 5.09. The highest BCUT2D eigenvalue weighted by Crippen LogP contribution is 2.29. The molecule has 1 N–H and O–H groups in total. The number of benzene rings is 2. The van der Waals surface area contributed by atoms with Crippen LogP contribution in [0.15, 0.2) is 48.5 Å². The van der Waals surface area contributed by atoms with Crippen molar-refractivity contribution in [2.45, 2.75) is 39.2 Å². The first-order valence-corrected chi connectivity index (χ1v) is 9.35. The smallest absolute Gasteiger partial charge is 0.251 e. The molecule has 1 aliphatic heterocycles. The maximum absolute atomic E-state index is 12.5. The minimum Gasteiger partial charge on any atom is -0.350 e. The van der Waals surface area contributed by atoms with E-state index in [0.717, 1.165) is 25.1 Å². The highest BCUT2D eigenvalue weighted by molar-refractivity contribution is 5.94. The summed E-state index contributed by atoms with van der Waals surface area (Å²) < 4.78 is 0. The molecule has 25 heavy (non-hydrogen) atoms. The summed E-state index contributed by atoms with van der Waals surface area (Å²) in [5, 5.41) is 3.15. The van der Waals surface area contributed by atoms with Gasteiger partial charge < -0.3 is 5.32 Å². The molecule has 0 aromatic heterocycles. The lowest BCUT2D eigenvalue weighted by molar-refractivity contribution is 0.0928. The number of amides is 1. The number of hydrogen-bond donors (Lipinski definition) is 1. The van der Waals surface area contributed by atoms with E-state index in [9.17, 15) is 4.79 Å². The van der Waals surface area contributed by atoms with Gasteiger partial charge in [0.15, 0.2) is 0 Å². The zero-order valence-corrected chi connectivity index (χ0v) is 15.3. The van der Waals surface area contributed by atoms with Crippen molar-refractivity contribution in [3.63, 3.8) is 0 Å². The van der Waals surface area contributed by atoms with Gasteiger partial charge in [-0.1, -0.05) is 55.3 Å². The van der Waals surface area contributed by atoms with Crippen LogP contribution in [0.25, 0.3) is 0 Å². The van der Waals surface area contributed by atoms with Gasteiger partial charge in [-0.3, -0.25) is 9.69 Å². The maximum atomic E-state index is 12.5. The lowest BCUT2D eigenvalue weighted by atomic mass is 9.92. The van der Waals surface area contributed by atoms with Crippen molar-refractivity contribution >= 4 is 5.91 Å². The van der Waals surface area contributed by atoms with Crippen molar-refractivity contribution in [1.82, 2.24) is 10.2 Å². The van der Waals surface area contributed by atoms with E-state index in [1.54, 1.807) is 0 Å². The van der Waals surface area contributed by atoms with Crippen molar-refractivity contribution < 1.29 is 4.79 Å². The van der Waals surface area contributed by atoms with Crippen molar-refractivity contribution in [3.8, 4) is 0 Å². The monoisotopic (exact) mass is 336 g/mol. The lowest BCUT2D eigenvalue weighted by Crippen LogP contribution is -2.42. The Bertz CT molecular complexity index is 708. The van der Waals surface area contributed by atoms with Crippen molar-refractivity contribution in [1.29, 1.82) is 0 Å². The first kappa shape index (κ1) is 17.7. The Balaban J connectivity index is 1.72. The maximum Gasteiger partial charge on any atom is 0.251 e. The second kappa shape index (κ2) is 8.30. The normalized spacial score (nSPS) is 17.1. The summed E-state index contributed by atoms with van der Waals surface area (Å²) in [6.07, 6.45) is 3.49. The third kappa shape index (κ3) is 4.29. The number of aryl methyl sites for hydroxylation is 1. The van der Waals surface area contributed by atoms with Gasteiger partial charge in [0.25, 0.3) is 5.91 Å². The Kier molecular flexibility index (Phi) is 5.87. The molecule has 0 aliphatic carbocycles. The Morgan fingerprint density at radius 1 is 1.16 bits per heavy atom. The van der Waals surface area contributed by atoms with Crippen LogP contribution in [0.3, 0.4) is 0 Å². The average molecular weight is 336 g/mol. The van der Waals surface area contributed by atoms with Gasteiger partial charge in [-0.05, 0) is 49.6 Å². The Morgan fingerprint density at radius 2 is 1.92 bits per heavy atom. The molecule has 1 heterocycles. The fourth-order valence-electron chi connectivity index (χ4n) is 3.57. The molecule has 3 nitrogen and oxygen atoms in total. The highest BCUT2D eigenvalue weighted by Gasteiger charge is 2.27. The summed E-state index contributed by atoms with van der Waals surface area (Å²) in [6, 6.07) is 16.7. The second-order valence-electron chi connectivity index (χ2n) is 6.93. The molecule has 0 bridgehead atoms. The van der Waals surface area contributed by atoms with Crippen LogP contribution in [0, 0.1) is 6.92 Å². The van der Waals surface area contributed by atoms with Crippen LogP contribution in [-0.2, 0) is 6.42 Å². The van der Waals surface area contributed by atoms with Crippen molar-refractivity contribution in [2.75, 3.05) is 19.6 Å². The number of hydrogen-bond acceptors (Lipinski definition) is 2. The summed E-state index contributed by atoms with van der Waals surface area (Å²) in [4.78, 5) is 15.0. The fourth-order valence-corrected chi connectivity index (χ4v) is 3.57. The van der Waals surface area contributed by atoms with E-state index >= 15 is 0 Å². The van der Waals surface area contributed by atoms with Crippen LogP contribution in [0.4, 0.5) is 0 Å². The summed E-state index contributed by atoms with van der Waals surface area (Å²) in [6.45, 7) is 7.09. The molecule has 3 rings (SSSR count). The van der Waals surface area contributed by atoms with Crippen molar-refractivity contribution in [3.05, 3.63) is 70.8 Å². The van der Waals surface area contributed by atoms with Crippen LogP contribution in [0.1, 0.15) is 52.9 Å². The molecule has 1 atom stereocenters. The van der Waals surface area contributed by atoms with Gasteiger partial charge in [0.05, 0.1) is 6.04 Å². The molecule has 0 radical (unpaired) electrons. The Labute approximate surface area is 151 Å². The van der Waals surface area contributed by atoms with E-state index in [-0.39, 0.29) is 11.9 Å². The quantitative estimate of drug-likeness (QED) is 0.860. The molecule has 3 heteroatoms. The molecule has 0 saturated heterocycles. The average Bonchev–Trinajstić information content (AvgIpc) is 2.65. The summed E-state index contributed by atoms with van der Waals surface area (Å²) in [5.41, 5.74) is 4.69. The molecule has 1 unspecified atom stereocenters. The molecule has 132 valence electrons. The van der Waals surface area contributed by atoms with Crippen molar-refractivity contribution in [2.24, 2.45) is 0 Å². The van der Waals surface area contributed by atoms with Crippen LogP contribution in [0.5, 0.6) is 0 Å². The molecule has 0 spiro atoms. The van der Waals surface area contributed by atoms with E-state index in [0.29, 0.717) is 6.54 Å².